The van der Waals surface area contributed by atoms with Crippen molar-refractivity contribution in [2.45, 2.75) is 0 Å². The van der Waals surface area contributed by atoms with Gasteiger partial charge in [-0.2, -0.15) is 4.39 Å². The third-order valence-corrected chi connectivity index (χ3v) is 2.59. The molecule has 0 bridgehead atoms. The van der Waals surface area contributed by atoms with Crippen molar-refractivity contribution >= 4 is 11.5 Å². The molecular weight excluding hydrogens is 258 g/mol. The highest BCUT2D eigenvalue weighted by Gasteiger charge is 2.02. The first kappa shape index (κ1) is 13.7. The van der Waals surface area contributed by atoms with Crippen molar-refractivity contribution in [1.29, 1.82) is 0 Å². The average Bonchev–Trinajstić information content (AvgIpc) is 2.48. The van der Waals surface area contributed by atoms with E-state index in [9.17, 15) is 9.18 Å². The van der Waals surface area contributed by atoms with Crippen LogP contribution >= 0.6 is 0 Å². The van der Waals surface area contributed by atoms with Crippen LogP contribution in [0.25, 0.3) is 0 Å². The number of allylic oxidation sites excluding steroid dienone is 1. The highest BCUT2D eigenvalue weighted by Crippen LogP contribution is 2.14. The number of hydrogen-bond donors (Lipinski definition) is 1. The van der Waals surface area contributed by atoms with Crippen molar-refractivity contribution in [2.24, 2.45) is 0 Å². The number of benzene rings is 1. The van der Waals surface area contributed by atoms with E-state index in [0.717, 1.165) is 17.5 Å². The van der Waals surface area contributed by atoms with E-state index in [-0.39, 0.29) is 5.78 Å². The van der Waals surface area contributed by atoms with Crippen molar-refractivity contribution in [3.05, 3.63) is 66.4 Å². The summed E-state index contributed by atoms with van der Waals surface area (Å²) in [7, 11) is 1.59. The molecule has 2 aromatic rings. The normalized spacial score (nSPS) is 10.5. The Morgan fingerprint density at radius 3 is 2.60 bits per heavy atom. The highest BCUT2D eigenvalue weighted by atomic mass is 18.2. The molecule has 0 saturated carbocycles. The van der Waals surface area contributed by atoms with Crippen LogP contribution in [-0.4, -0.2) is 17.9 Å². The Morgan fingerprint density at radius 2 is 2.00 bits per heavy atom. The number of hydrogen-bond acceptors (Lipinski definition) is 4. The Balaban J connectivity index is 1.95. The molecule has 1 heterocycles. The van der Waals surface area contributed by atoms with Gasteiger partial charge in [0, 0.05) is 29.7 Å². The maximum Gasteiger partial charge on any atom is 0.212 e. The quantitative estimate of drug-likeness (QED) is 0.516. The van der Waals surface area contributed by atoms with Crippen LogP contribution < -0.4 is 10.1 Å². The minimum atomic E-state index is -0.609. The molecule has 20 heavy (non-hydrogen) atoms. The van der Waals surface area contributed by atoms with Gasteiger partial charge in [0.1, 0.15) is 5.75 Å². The lowest BCUT2D eigenvalue weighted by Gasteiger charge is -2.02. The van der Waals surface area contributed by atoms with E-state index in [4.69, 9.17) is 4.74 Å². The number of anilines is 1. The van der Waals surface area contributed by atoms with Crippen LogP contribution in [0.3, 0.4) is 0 Å². The number of ketones is 1. The summed E-state index contributed by atoms with van der Waals surface area (Å²) in [4.78, 5) is 15.2. The smallest absolute Gasteiger partial charge is 0.212 e. The lowest BCUT2D eigenvalue weighted by Crippen LogP contribution is -1.97. The summed E-state index contributed by atoms with van der Waals surface area (Å²) in [5.74, 6) is -0.103. The molecule has 0 aliphatic carbocycles. The lowest BCUT2D eigenvalue weighted by molar-refractivity contribution is 0.104. The van der Waals surface area contributed by atoms with Gasteiger partial charge in [0.05, 0.1) is 7.11 Å². The number of ether oxygens (including phenoxy) is 1. The zero-order valence-electron chi connectivity index (χ0n) is 10.8. The van der Waals surface area contributed by atoms with Crippen LogP contribution in [0, 0.1) is 5.95 Å². The molecule has 0 aliphatic rings. The van der Waals surface area contributed by atoms with Gasteiger partial charge in [-0.15, -0.1) is 0 Å². The van der Waals surface area contributed by atoms with E-state index in [1.807, 2.05) is 24.3 Å². The van der Waals surface area contributed by atoms with Crippen LogP contribution in [0.2, 0.25) is 0 Å². The second-order valence-electron chi connectivity index (χ2n) is 3.94. The summed E-state index contributed by atoms with van der Waals surface area (Å²) in [6.07, 6.45) is 4.09. The van der Waals surface area contributed by atoms with Gasteiger partial charge in [0.2, 0.25) is 5.95 Å². The fourth-order valence-corrected chi connectivity index (χ4v) is 1.52. The summed E-state index contributed by atoms with van der Waals surface area (Å²) in [5, 5.41) is 2.96. The first-order valence-corrected chi connectivity index (χ1v) is 5.92. The number of nitrogens with one attached hydrogen (secondary N) is 1. The van der Waals surface area contributed by atoms with Crippen molar-refractivity contribution in [3.8, 4) is 5.75 Å². The van der Waals surface area contributed by atoms with Crippen molar-refractivity contribution in [3.63, 3.8) is 0 Å². The third kappa shape index (κ3) is 3.65. The standard InChI is InChI=1S/C15H13FN2O2/c1-20-13-5-3-12(4-6-13)17-9-8-14(19)11-2-7-15(16)18-10-11/h2-10,17H,1H3/b9-8-/i16-1. The minimum absolute atomic E-state index is 0.251. The molecule has 102 valence electrons. The van der Waals surface area contributed by atoms with Crippen LogP contribution in [0.15, 0.2) is 54.9 Å². The Bertz CT molecular complexity index is 607. The molecule has 0 fully saturated rings. The Morgan fingerprint density at radius 1 is 1.25 bits per heavy atom. The zero-order chi connectivity index (χ0) is 14.4. The van der Waals surface area contributed by atoms with E-state index in [1.54, 1.807) is 7.11 Å². The number of aromatic nitrogens is 1. The van der Waals surface area contributed by atoms with Gasteiger partial charge in [-0.25, -0.2) is 4.98 Å². The SMILES string of the molecule is COc1ccc(N/C=C\C(=O)c2ccc([18F])nc2)cc1. The summed E-state index contributed by atoms with van der Waals surface area (Å²) >= 11 is 0. The molecule has 0 radical (unpaired) electrons. The molecule has 1 N–H and O–H groups in total. The molecule has 4 nitrogen and oxygen atoms in total. The predicted octanol–water partition coefficient (Wildman–Crippen LogP) is 3.04. The van der Waals surface area contributed by atoms with Gasteiger partial charge in [0.15, 0.2) is 5.78 Å². The van der Waals surface area contributed by atoms with E-state index in [0.29, 0.717) is 5.56 Å². The molecule has 5 heteroatoms. The second kappa shape index (κ2) is 6.47. The fourth-order valence-electron chi connectivity index (χ4n) is 1.52. The number of rotatable bonds is 5. The number of halogens is 1. The van der Waals surface area contributed by atoms with E-state index >= 15 is 0 Å². The molecular formula is C15H13FN2O2. The molecule has 0 aliphatic heterocycles. The molecule has 0 atom stereocenters. The molecule has 1 aromatic heterocycles. The number of methoxy groups -OCH3 is 1. The summed E-state index contributed by atoms with van der Waals surface area (Å²) in [6.45, 7) is 0. The molecule has 0 spiro atoms. The van der Waals surface area contributed by atoms with Gasteiger partial charge < -0.3 is 10.1 Å². The third-order valence-electron chi connectivity index (χ3n) is 2.59. The van der Waals surface area contributed by atoms with E-state index in [2.05, 4.69) is 10.3 Å². The number of nitrogens with zero attached hydrogens (tertiary/aromatic N) is 1. The van der Waals surface area contributed by atoms with Crippen LogP contribution in [0.5, 0.6) is 5.75 Å². The molecule has 1 aromatic carbocycles. The van der Waals surface area contributed by atoms with E-state index < -0.39 is 5.95 Å². The molecule has 0 unspecified atom stereocenters. The number of carbonyl (C=O) groups is 1. The first-order chi connectivity index (χ1) is 9.69. The minimum Gasteiger partial charge on any atom is -0.497 e. The van der Waals surface area contributed by atoms with Crippen molar-refractivity contribution in [1.82, 2.24) is 4.98 Å². The molecule has 0 amide bonds. The summed E-state index contributed by atoms with van der Waals surface area (Å²) in [5.41, 5.74) is 1.16. The fraction of sp³-hybridized carbons (Fsp3) is 0.0667. The predicted molar refractivity (Wildman–Crippen MR) is 74.3 cm³/mol. The highest BCUT2D eigenvalue weighted by molar-refractivity contribution is 6.04. The zero-order valence-corrected chi connectivity index (χ0v) is 10.8. The number of carbonyl (C=O) groups excluding carboxylic acids is 1. The topological polar surface area (TPSA) is 51.2 Å². The molecule has 2 rings (SSSR count). The summed E-state index contributed by atoms with van der Waals surface area (Å²) in [6, 6.07) is 9.81. The van der Waals surface area contributed by atoms with Gasteiger partial charge in [-0.3, -0.25) is 4.79 Å². The summed E-state index contributed by atoms with van der Waals surface area (Å²) < 4.78 is 17.7. The Kier molecular flexibility index (Phi) is 4.44. The van der Waals surface area contributed by atoms with Crippen LogP contribution in [0.1, 0.15) is 10.4 Å². The van der Waals surface area contributed by atoms with Gasteiger partial charge in [-0.1, -0.05) is 0 Å². The molecule has 0 saturated heterocycles. The van der Waals surface area contributed by atoms with Crippen molar-refractivity contribution in [2.75, 3.05) is 12.4 Å². The van der Waals surface area contributed by atoms with Gasteiger partial charge in [-0.05, 0) is 36.4 Å². The Hall–Kier alpha value is -2.69. The first-order valence-electron chi connectivity index (χ1n) is 5.92. The van der Waals surface area contributed by atoms with Gasteiger partial charge >= 0.3 is 0 Å². The lowest BCUT2D eigenvalue weighted by atomic mass is 10.2. The maximum atomic E-state index is 12.6. The monoisotopic (exact) mass is 271 g/mol. The second-order valence-corrected chi connectivity index (χ2v) is 3.94. The largest absolute Gasteiger partial charge is 0.497 e. The van der Waals surface area contributed by atoms with Gasteiger partial charge in [0.25, 0.3) is 0 Å². The number of pyridine rings is 1. The maximum absolute atomic E-state index is 12.6. The van der Waals surface area contributed by atoms with Crippen LogP contribution in [-0.2, 0) is 0 Å². The van der Waals surface area contributed by atoms with E-state index in [1.165, 1.54) is 24.5 Å². The average molecular weight is 271 g/mol. The van der Waals surface area contributed by atoms with Crippen molar-refractivity contribution < 1.29 is 13.9 Å². The Labute approximate surface area is 115 Å². The van der Waals surface area contributed by atoms with Crippen LogP contribution in [0.4, 0.5) is 10.1 Å².